The van der Waals surface area contributed by atoms with Crippen molar-refractivity contribution in [2.45, 2.75) is 17.2 Å². The quantitative estimate of drug-likeness (QED) is 0.680. The fourth-order valence-electron chi connectivity index (χ4n) is 1.06. The maximum Gasteiger partial charge on any atom is 0.0486 e. The first-order valence-corrected chi connectivity index (χ1v) is 4.29. The largest absolute Gasteiger partial charge is 0.330 e. The summed E-state index contributed by atoms with van der Waals surface area (Å²) in [4.78, 5) is 0. The second kappa shape index (κ2) is 3.35. The molecule has 0 radical (unpaired) electrons. The average Bonchev–Trinajstić information content (AvgIpc) is 1.89. The molecule has 0 unspecified atom stereocenters. The molecule has 1 aliphatic rings. The van der Waals surface area contributed by atoms with E-state index in [1.165, 1.54) is 0 Å². The standard InChI is InChI=1S/C8H12BrN/c9-8(6-7-10)4-2-1-3-5-8/h1-4H,5-7,10H2/t8-/m0/s1. The fourth-order valence-corrected chi connectivity index (χ4v) is 1.63. The second-order valence-corrected chi connectivity index (χ2v) is 4.14. The van der Waals surface area contributed by atoms with E-state index in [0.29, 0.717) is 0 Å². The normalized spacial score (nSPS) is 31.0. The van der Waals surface area contributed by atoms with Crippen LogP contribution in [-0.2, 0) is 0 Å². The van der Waals surface area contributed by atoms with Gasteiger partial charge in [-0.2, -0.15) is 0 Å². The van der Waals surface area contributed by atoms with E-state index < -0.39 is 0 Å². The molecule has 10 heavy (non-hydrogen) atoms. The lowest BCUT2D eigenvalue weighted by atomic mass is 9.97. The minimum Gasteiger partial charge on any atom is -0.330 e. The van der Waals surface area contributed by atoms with Crippen molar-refractivity contribution in [1.29, 1.82) is 0 Å². The molecular weight excluding hydrogens is 190 g/mol. The Balaban J connectivity index is 2.52. The molecule has 2 N–H and O–H groups in total. The molecule has 2 heteroatoms. The van der Waals surface area contributed by atoms with E-state index in [0.717, 1.165) is 19.4 Å². The summed E-state index contributed by atoms with van der Waals surface area (Å²) in [6.07, 6.45) is 10.5. The van der Waals surface area contributed by atoms with Crippen LogP contribution in [0.5, 0.6) is 0 Å². The Morgan fingerprint density at radius 1 is 1.50 bits per heavy atom. The van der Waals surface area contributed by atoms with Crippen LogP contribution in [0.3, 0.4) is 0 Å². The predicted molar refractivity (Wildman–Crippen MR) is 48.2 cm³/mol. The number of alkyl halides is 1. The third-order valence-corrected chi connectivity index (χ3v) is 2.64. The highest BCUT2D eigenvalue weighted by Crippen LogP contribution is 2.30. The minimum absolute atomic E-state index is 0.149. The zero-order valence-electron chi connectivity index (χ0n) is 5.89. The van der Waals surface area contributed by atoms with Gasteiger partial charge < -0.3 is 5.73 Å². The lowest BCUT2D eigenvalue weighted by Crippen LogP contribution is -2.22. The number of hydrogen-bond donors (Lipinski definition) is 1. The van der Waals surface area contributed by atoms with Crippen LogP contribution in [0.1, 0.15) is 12.8 Å². The van der Waals surface area contributed by atoms with Gasteiger partial charge in [-0.15, -0.1) is 0 Å². The van der Waals surface area contributed by atoms with Crippen molar-refractivity contribution in [3.8, 4) is 0 Å². The van der Waals surface area contributed by atoms with Gasteiger partial charge in [-0.3, -0.25) is 0 Å². The summed E-state index contributed by atoms with van der Waals surface area (Å²) < 4.78 is 0.149. The van der Waals surface area contributed by atoms with Gasteiger partial charge in [-0.25, -0.2) is 0 Å². The number of hydrogen-bond acceptors (Lipinski definition) is 1. The van der Waals surface area contributed by atoms with Gasteiger partial charge in [0.05, 0.1) is 0 Å². The van der Waals surface area contributed by atoms with Crippen LogP contribution in [0.15, 0.2) is 24.3 Å². The minimum atomic E-state index is 0.149. The molecule has 0 saturated carbocycles. The SMILES string of the molecule is NCC[C@]1(Br)C=CC=CC1. The average molecular weight is 202 g/mol. The number of rotatable bonds is 2. The van der Waals surface area contributed by atoms with Crippen LogP contribution >= 0.6 is 15.9 Å². The first kappa shape index (κ1) is 8.02. The van der Waals surface area contributed by atoms with Crippen LogP contribution < -0.4 is 5.73 Å². The highest BCUT2D eigenvalue weighted by molar-refractivity contribution is 9.10. The van der Waals surface area contributed by atoms with Crippen LogP contribution in [0.2, 0.25) is 0 Å². The number of halogens is 1. The van der Waals surface area contributed by atoms with Gasteiger partial charge in [-0.05, 0) is 19.4 Å². The molecule has 0 saturated heterocycles. The Bertz CT molecular complexity index is 163. The van der Waals surface area contributed by atoms with Crippen molar-refractivity contribution in [2.75, 3.05) is 6.54 Å². The Labute approximate surface area is 70.1 Å². The maximum atomic E-state index is 5.46. The van der Waals surface area contributed by atoms with E-state index in [1.807, 2.05) is 0 Å². The lowest BCUT2D eigenvalue weighted by Gasteiger charge is -2.22. The van der Waals surface area contributed by atoms with Crippen molar-refractivity contribution in [1.82, 2.24) is 0 Å². The van der Waals surface area contributed by atoms with Crippen LogP contribution in [0.25, 0.3) is 0 Å². The third kappa shape index (κ3) is 1.96. The molecular formula is C8H12BrN. The molecule has 0 aromatic heterocycles. The van der Waals surface area contributed by atoms with Crippen molar-refractivity contribution < 1.29 is 0 Å². The summed E-state index contributed by atoms with van der Waals surface area (Å²) in [6.45, 7) is 0.740. The van der Waals surface area contributed by atoms with Crippen LogP contribution in [0, 0.1) is 0 Å². The summed E-state index contributed by atoms with van der Waals surface area (Å²) in [5, 5.41) is 0. The van der Waals surface area contributed by atoms with Crippen molar-refractivity contribution in [3.05, 3.63) is 24.3 Å². The molecule has 0 spiro atoms. The topological polar surface area (TPSA) is 26.0 Å². The van der Waals surface area contributed by atoms with Crippen LogP contribution in [0.4, 0.5) is 0 Å². The van der Waals surface area contributed by atoms with E-state index >= 15 is 0 Å². The molecule has 0 aromatic carbocycles. The van der Waals surface area contributed by atoms with Gasteiger partial charge in [-0.1, -0.05) is 40.2 Å². The van der Waals surface area contributed by atoms with E-state index in [2.05, 4.69) is 40.2 Å². The summed E-state index contributed by atoms with van der Waals surface area (Å²) in [5.74, 6) is 0. The molecule has 0 aliphatic heterocycles. The molecule has 0 bridgehead atoms. The zero-order chi connectivity index (χ0) is 7.45. The van der Waals surface area contributed by atoms with Crippen molar-refractivity contribution in [3.63, 3.8) is 0 Å². The molecule has 0 fully saturated rings. The molecule has 0 amide bonds. The Hall–Kier alpha value is -0.0800. The highest BCUT2D eigenvalue weighted by Gasteiger charge is 2.21. The fraction of sp³-hybridized carbons (Fsp3) is 0.500. The molecule has 56 valence electrons. The van der Waals surface area contributed by atoms with E-state index in [4.69, 9.17) is 5.73 Å². The third-order valence-electron chi connectivity index (χ3n) is 1.66. The molecule has 1 rings (SSSR count). The monoisotopic (exact) mass is 201 g/mol. The van der Waals surface area contributed by atoms with Gasteiger partial charge in [0.25, 0.3) is 0 Å². The lowest BCUT2D eigenvalue weighted by molar-refractivity contribution is 0.667. The van der Waals surface area contributed by atoms with E-state index in [9.17, 15) is 0 Å². The molecule has 1 nitrogen and oxygen atoms in total. The van der Waals surface area contributed by atoms with Crippen LogP contribution in [-0.4, -0.2) is 10.9 Å². The zero-order valence-corrected chi connectivity index (χ0v) is 7.47. The first-order chi connectivity index (χ1) is 4.77. The van der Waals surface area contributed by atoms with Gasteiger partial charge in [0.15, 0.2) is 0 Å². The van der Waals surface area contributed by atoms with E-state index in [-0.39, 0.29) is 4.32 Å². The summed E-state index contributed by atoms with van der Waals surface area (Å²) >= 11 is 3.64. The second-order valence-electron chi connectivity index (χ2n) is 2.56. The van der Waals surface area contributed by atoms with Gasteiger partial charge >= 0.3 is 0 Å². The molecule has 1 aliphatic carbocycles. The molecule has 1 atom stereocenters. The van der Waals surface area contributed by atoms with Gasteiger partial charge in [0.1, 0.15) is 0 Å². The smallest absolute Gasteiger partial charge is 0.0486 e. The predicted octanol–water partition coefficient (Wildman–Crippen LogP) is 1.99. The first-order valence-electron chi connectivity index (χ1n) is 3.50. The Kier molecular flexibility index (Phi) is 2.69. The summed E-state index contributed by atoms with van der Waals surface area (Å²) in [6, 6.07) is 0. The van der Waals surface area contributed by atoms with Crippen molar-refractivity contribution >= 4 is 15.9 Å². The number of allylic oxidation sites excluding steroid dienone is 4. The van der Waals surface area contributed by atoms with Gasteiger partial charge in [0.2, 0.25) is 0 Å². The summed E-state index contributed by atoms with van der Waals surface area (Å²) in [5.41, 5.74) is 5.46. The number of nitrogens with two attached hydrogens (primary N) is 1. The Morgan fingerprint density at radius 3 is 2.80 bits per heavy atom. The van der Waals surface area contributed by atoms with Crippen molar-refractivity contribution in [2.24, 2.45) is 5.73 Å². The van der Waals surface area contributed by atoms with Gasteiger partial charge in [0, 0.05) is 4.32 Å². The molecule has 0 heterocycles. The summed E-state index contributed by atoms with van der Waals surface area (Å²) in [7, 11) is 0. The Morgan fingerprint density at radius 2 is 2.30 bits per heavy atom. The maximum absolute atomic E-state index is 5.46. The molecule has 0 aromatic rings. The highest BCUT2D eigenvalue weighted by atomic mass is 79.9. The van der Waals surface area contributed by atoms with E-state index in [1.54, 1.807) is 0 Å².